The number of benzene rings is 2. The summed E-state index contributed by atoms with van der Waals surface area (Å²) >= 11 is 0. The van der Waals surface area contributed by atoms with E-state index in [9.17, 15) is 9.59 Å². The number of methoxy groups -OCH3 is 2. The Morgan fingerprint density at radius 3 is 2.25 bits per heavy atom. The lowest BCUT2D eigenvalue weighted by Gasteiger charge is -2.13. The van der Waals surface area contributed by atoms with Gasteiger partial charge in [0.05, 0.1) is 19.9 Å². The van der Waals surface area contributed by atoms with E-state index in [1.165, 1.54) is 14.0 Å². The van der Waals surface area contributed by atoms with E-state index in [2.05, 4.69) is 10.6 Å². The minimum Gasteiger partial charge on any atom is -0.496 e. The summed E-state index contributed by atoms with van der Waals surface area (Å²) in [6, 6.07) is 10.2. The molecule has 0 bridgehead atoms. The summed E-state index contributed by atoms with van der Waals surface area (Å²) in [5, 5.41) is 5.46. The van der Waals surface area contributed by atoms with Crippen molar-refractivity contribution in [2.24, 2.45) is 0 Å². The molecular weight excluding hydrogens is 308 g/mol. The summed E-state index contributed by atoms with van der Waals surface area (Å²) in [7, 11) is 3.07. The lowest BCUT2D eigenvalue weighted by atomic mass is 10.1. The van der Waals surface area contributed by atoms with E-state index < -0.39 is 0 Å². The smallest absolute Gasteiger partial charge is 0.255 e. The zero-order valence-electron chi connectivity index (χ0n) is 14.1. The van der Waals surface area contributed by atoms with Crippen molar-refractivity contribution in [1.82, 2.24) is 0 Å². The molecule has 0 aliphatic heterocycles. The van der Waals surface area contributed by atoms with Crippen LogP contribution in [-0.4, -0.2) is 26.0 Å². The second kappa shape index (κ2) is 7.50. The molecule has 0 aromatic heterocycles. The van der Waals surface area contributed by atoms with Crippen LogP contribution in [-0.2, 0) is 4.79 Å². The number of nitrogens with one attached hydrogen (secondary N) is 2. The van der Waals surface area contributed by atoms with E-state index in [1.54, 1.807) is 37.4 Å². The largest absolute Gasteiger partial charge is 0.496 e. The highest BCUT2D eigenvalue weighted by Gasteiger charge is 2.12. The number of carbonyl (C=O) groups is 2. The molecule has 6 heteroatoms. The van der Waals surface area contributed by atoms with Crippen LogP contribution in [0, 0.1) is 6.92 Å². The Kier molecular flexibility index (Phi) is 5.42. The SMILES string of the molecule is COc1cc(C(=O)Nc2cc(NC(C)=O)ccc2OC)ccc1C. The fourth-order valence-electron chi connectivity index (χ4n) is 2.24. The van der Waals surface area contributed by atoms with Crippen molar-refractivity contribution in [2.45, 2.75) is 13.8 Å². The summed E-state index contributed by atoms with van der Waals surface area (Å²) in [5.41, 5.74) is 2.44. The summed E-state index contributed by atoms with van der Waals surface area (Å²) < 4.78 is 10.5. The average Bonchev–Trinajstić information content (AvgIpc) is 2.55. The van der Waals surface area contributed by atoms with Crippen LogP contribution >= 0.6 is 0 Å². The van der Waals surface area contributed by atoms with Crippen molar-refractivity contribution in [2.75, 3.05) is 24.9 Å². The van der Waals surface area contributed by atoms with Crippen LogP contribution in [0.2, 0.25) is 0 Å². The molecule has 2 rings (SSSR count). The van der Waals surface area contributed by atoms with Gasteiger partial charge in [0.25, 0.3) is 5.91 Å². The van der Waals surface area contributed by atoms with E-state index in [4.69, 9.17) is 9.47 Å². The van der Waals surface area contributed by atoms with Crippen LogP contribution in [0.25, 0.3) is 0 Å². The maximum absolute atomic E-state index is 12.5. The minimum atomic E-state index is -0.299. The van der Waals surface area contributed by atoms with Gasteiger partial charge in [-0.3, -0.25) is 9.59 Å². The van der Waals surface area contributed by atoms with Gasteiger partial charge in [-0.15, -0.1) is 0 Å². The van der Waals surface area contributed by atoms with Gasteiger partial charge in [-0.05, 0) is 42.8 Å². The fraction of sp³-hybridized carbons (Fsp3) is 0.222. The van der Waals surface area contributed by atoms with Gasteiger partial charge >= 0.3 is 0 Å². The van der Waals surface area contributed by atoms with Crippen LogP contribution in [0.1, 0.15) is 22.8 Å². The highest BCUT2D eigenvalue weighted by molar-refractivity contribution is 6.05. The molecule has 2 amide bonds. The van der Waals surface area contributed by atoms with Gasteiger partial charge in [0.15, 0.2) is 0 Å². The molecule has 0 fully saturated rings. The van der Waals surface area contributed by atoms with Gasteiger partial charge < -0.3 is 20.1 Å². The van der Waals surface area contributed by atoms with Gasteiger partial charge in [-0.1, -0.05) is 6.07 Å². The predicted octanol–water partition coefficient (Wildman–Crippen LogP) is 3.22. The van der Waals surface area contributed by atoms with Crippen molar-refractivity contribution in [3.05, 3.63) is 47.5 Å². The summed E-state index contributed by atoms with van der Waals surface area (Å²) in [4.78, 5) is 23.7. The lowest BCUT2D eigenvalue weighted by molar-refractivity contribution is -0.114. The standard InChI is InChI=1S/C18H20N2O4/c1-11-5-6-13(9-17(11)24-4)18(22)20-15-10-14(19-12(2)21)7-8-16(15)23-3/h5-10H,1-4H3,(H,19,21)(H,20,22). The number of anilines is 2. The highest BCUT2D eigenvalue weighted by Crippen LogP contribution is 2.29. The Morgan fingerprint density at radius 1 is 0.917 bits per heavy atom. The Morgan fingerprint density at radius 2 is 1.62 bits per heavy atom. The summed E-state index contributed by atoms with van der Waals surface area (Å²) in [5.74, 6) is 0.644. The van der Waals surface area contributed by atoms with Crippen LogP contribution in [0.4, 0.5) is 11.4 Å². The molecular formula is C18H20N2O4. The molecule has 2 aromatic carbocycles. The monoisotopic (exact) mass is 328 g/mol. The number of ether oxygens (including phenoxy) is 2. The lowest BCUT2D eigenvalue weighted by Crippen LogP contribution is -2.14. The Bertz CT molecular complexity index is 772. The third-order valence-corrected chi connectivity index (χ3v) is 3.44. The van der Waals surface area contributed by atoms with Crippen molar-refractivity contribution in [3.8, 4) is 11.5 Å². The molecule has 0 saturated heterocycles. The first kappa shape index (κ1) is 17.3. The van der Waals surface area contributed by atoms with Gasteiger partial charge in [0, 0.05) is 18.2 Å². The molecule has 0 atom stereocenters. The van der Waals surface area contributed by atoms with Crippen LogP contribution in [0.15, 0.2) is 36.4 Å². The van der Waals surface area contributed by atoms with Gasteiger partial charge in [-0.2, -0.15) is 0 Å². The molecule has 0 saturated carbocycles. The number of carbonyl (C=O) groups excluding carboxylic acids is 2. The van der Waals surface area contributed by atoms with Crippen molar-refractivity contribution < 1.29 is 19.1 Å². The van der Waals surface area contributed by atoms with E-state index >= 15 is 0 Å². The zero-order chi connectivity index (χ0) is 17.7. The molecule has 2 N–H and O–H groups in total. The van der Waals surface area contributed by atoms with Gasteiger partial charge in [0.1, 0.15) is 11.5 Å². The number of aryl methyl sites for hydroxylation is 1. The van der Waals surface area contributed by atoms with E-state index in [-0.39, 0.29) is 11.8 Å². The normalized spacial score (nSPS) is 10.0. The first-order chi connectivity index (χ1) is 11.4. The molecule has 0 spiro atoms. The highest BCUT2D eigenvalue weighted by atomic mass is 16.5. The van der Waals surface area contributed by atoms with Crippen molar-refractivity contribution in [3.63, 3.8) is 0 Å². The molecule has 126 valence electrons. The Balaban J connectivity index is 2.28. The first-order valence-electron chi connectivity index (χ1n) is 7.36. The second-order valence-electron chi connectivity index (χ2n) is 5.23. The second-order valence-corrected chi connectivity index (χ2v) is 5.23. The molecule has 0 unspecified atom stereocenters. The van der Waals surface area contributed by atoms with Crippen molar-refractivity contribution >= 4 is 23.2 Å². The third-order valence-electron chi connectivity index (χ3n) is 3.44. The average molecular weight is 328 g/mol. The van der Waals surface area contributed by atoms with Gasteiger partial charge in [0.2, 0.25) is 5.91 Å². The van der Waals surface area contributed by atoms with E-state index in [1.807, 2.05) is 13.0 Å². The molecule has 0 radical (unpaired) electrons. The Labute approximate surface area is 140 Å². The van der Waals surface area contributed by atoms with Gasteiger partial charge in [-0.25, -0.2) is 0 Å². The first-order valence-corrected chi connectivity index (χ1v) is 7.36. The molecule has 0 heterocycles. The number of hydrogen-bond donors (Lipinski definition) is 2. The molecule has 6 nitrogen and oxygen atoms in total. The quantitative estimate of drug-likeness (QED) is 0.883. The summed E-state index contributed by atoms with van der Waals surface area (Å²) in [6.07, 6.45) is 0. The van der Waals surface area contributed by atoms with E-state index in [0.717, 1.165) is 5.56 Å². The zero-order valence-corrected chi connectivity index (χ0v) is 14.1. The topological polar surface area (TPSA) is 76.7 Å². The molecule has 24 heavy (non-hydrogen) atoms. The van der Waals surface area contributed by atoms with Crippen LogP contribution in [0.5, 0.6) is 11.5 Å². The number of amides is 2. The fourth-order valence-corrected chi connectivity index (χ4v) is 2.24. The summed E-state index contributed by atoms with van der Waals surface area (Å²) in [6.45, 7) is 3.32. The Hall–Kier alpha value is -3.02. The van der Waals surface area contributed by atoms with Crippen LogP contribution < -0.4 is 20.1 Å². The maximum Gasteiger partial charge on any atom is 0.255 e. The predicted molar refractivity (Wildman–Crippen MR) is 93.0 cm³/mol. The molecule has 2 aromatic rings. The maximum atomic E-state index is 12.5. The third kappa shape index (κ3) is 4.04. The van der Waals surface area contributed by atoms with Crippen LogP contribution in [0.3, 0.4) is 0 Å². The number of rotatable bonds is 5. The number of hydrogen-bond acceptors (Lipinski definition) is 4. The van der Waals surface area contributed by atoms with E-state index in [0.29, 0.717) is 28.4 Å². The van der Waals surface area contributed by atoms with Crippen molar-refractivity contribution in [1.29, 1.82) is 0 Å². The minimum absolute atomic E-state index is 0.194. The molecule has 0 aliphatic carbocycles. The molecule has 0 aliphatic rings.